The summed E-state index contributed by atoms with van der Waals surface area (Å²) in [4.78, 5) is 10.1. The Hall–Kier alpha value is -0.470. The Balaban J connectivity index is 3.78. The third-order valence-corrected chi connectivity index (χ3v) is 3.38. The van der Waals surface area contributed by atoms with Crippen LogP contribution >= 0.6 is 0 Å². The van der Waals surface area contributed by atoms with Crippen LogP contribution in [0.4, 0.5) is 0 Å². The second-order valence-electron chi connectivity index (χ2n) is 2.68. The van der Waals surface area contributed by atoms with Crippen LogP contribution in [0.3, 0.4) is 0 Å². The van der Waals surface area contributed by atoms with Crippen molar-refractivity contribution >= 4 is 26.8 Å². The summed E-state index contributed by atoms with van der Waals surface area (Å²) in [6, 6.07) is 0. The molecule has 84 valence electrons. The smallest absolute Gasteiger partial charge is 0.320 e. The summed E-state index contributed by atoms with van der Waals surface area (Å²) in [6.45, 7) is 0.120. The van der Waals surface area contributed by atoms with E-state index in [1.807, 2.05) is 0 Å². The fourth-order valence-corrected chi connectivity index (χ4v) is 2.15. The number of carbonyl (C=O) groups is 1. The maximum atomic E-state index is 10.9. The second kappa shape index (κ2) is 6.10. The first-order valence-corrected chi connectivity index (χ1v) is 7.20. The van der Waals surface area contributed by atoms with Gasteiger partial charge in [-0.25, -0.2) is 13.1 Å². The average Bonchev–Trinajstić information content (AvgIpc) is 1.95. The molecule has 0 rings (SSSR count). The Morgan fingerprint density at radius 3 is 2.50 bits per heavy atom. The summed E-state index contributed by atoms with van der Waals surface area (Å²) < 4.78 is 34.5. The lowest BCUT2D eigenvalue weighted by Crippen LogP contribution is -2.31. The van der Waals surface area contributed by atoms with E-state index >= 15 is 0 Å². The number of carboxylic acid groups (broad SMARTS) is 1. The van der Waals surface area contributed by atoms with Crippen molar-refractivity contribution in [3.63, 3.8) is 0 Å². The van der Waals surface area contributed by atoms with Crippen LogP contribution < -0.4 is 4.72 Å². The lowest BCUT2D eigenvalue weighted by Gasteiger charge is -2.02. The molecule has 1 unspecified atom stereocenters. The van der Waals surface area contributed by atoms with Crippen LogP contribution in [0.1, 0.15) is 6.42 Å². The minimum atomic E-state index is -3.73. The molecule has 0 aromatic heterocycles. The highest BCUT2D eigenvalue weighted by Crippen LogP contribution is 1.87. The first-order valence-electron chi connectivity index (χ1n) is 3.82. The van der Waals surface area contributed by atoms with E-state index in [1.54, 1.807) is 0 Å². The molecule has 8 heteroatoms. The third kappa shape index (κ3) is 8.14. The Morgan fingerprint density at radius 2 is 2.07 bits per heavy atom. The van der Waals surface area contributed by atoms with Crippen molar-refractivity contribution in [3.8, 4) is 0 Å². The molecule has 0 aliphatic heterocycles. The molecule has 0 aliphatic carbocycles. The Kier molecular flexibility index (Phi) is 5.89. The number of aliphatic carboxylic acids is 1. The molecule has 1 atom stereocenters. The highest BCUT2D eigenvalue weighted by Gasteiger charge is 2.14. The van der Waals surface area contributed by atoms with Crippen LogP contribution in [0.25, 0.3) is 0 Å². The normalized spacial score (nSPS) is 13.8. The number of hydrogen-bond donors (Lipinski definition) is 2. The van der Waals surface area contributed by atoms with Gasteiger partial charge in [0.05, 0.1) is 0 Å². The minimum Gasteiger partial charge on any atom is -0.480 e. The highest BCUT2D eigenvalue weighted by molar-refractivity contribution is 7.90. The maximum absolute atomic E-state index is 10.9. The van der Waals surface area contributed by atoms with Gasteiger partial charge in [0.15, 0.2) is 5.75 Å². The molecule has 14 heavy (non-hydrogen) atoms. The van der Waals surface area contributed by atoms with E-state index in [4.69, 9.17) is 5.11 Å². The fraction of sp³-hybridized carbons (Fsp3) is 0.833. The zero-order chi connectivity index (χ0) is 11.2. The lowest BCUT2D eigenvalue weighted by molar-refractivity contribution is -0.134. The van der Waals surface area contributed by atoms with Crippen LogP contribution in [0.15, 0.2) is 0 Å². The first-order chi connectivity index (χ1) is 6.33. The van der Waals surface area contributed by atoms with Crippen LogP contribution in [0.5, 0.6) is 0 Å². The Labute approximate surface area is 85.2 Å². The summed E-state index contributed by atoms with van der Waals surface area (Å²) in [5.41, 5.74) is 0. The molecule has 0 radical (unpaired) electrons. The molecule has 0 saturated heterocycles. The highest BCUT2D eigenvalue weighted by atomic mass is 32.2. The Morgan fingerprint density at radius 1 is 1.50 bits per heavy atom. The van der Waals surface area contributed by atoms with E-state index < -0.39 is 32.5 Å². The van der Waals surface area contributed by atoms with Crippen molar-refractivity contribution < 1.29 is 22.5 Å². The van der Waals surface area contributed by atoms with E-state index in [0.29, 0.717) is 12.2 Å². The molecule has 0 bridgehead atoms. The molecule has 0 amide bonds. The van der Waals surface area contributed by atoms with Crippen LogP contribution in [-0.4, -0.2) is 48.0 Å². The van der Waals surface area contributed by atoms with Crippen molar-refractivity contribution in [3.05, 3.63) is 0 Å². The van der Waals surface area contributed by atoms with Gasteiger partial charge in [-0.3, -0.25) is 9.00 Å². The predicted molar refractivity (Wildman–Crippen MR) is 53.0 cm³/mol. The van der Waals surface area contributed by atoms with E-state index in [9.17, 15) is 17.4 Å². The summed E-state index contributed by atoms with van der Waals surface area (Å²) in [6.07, 6.45) is 1.95. The summed E-state index contributed by atoms with van der Waals surface area (Å²) in [5.74, 6) is -1.92. The third-order valence-electron chi connectivity index (χ3n) is 1.24. The Bertz CT molecular complexity index is 310. The molecule has 0 spiro atoms. The maximum Gasteiger partial charge on any atom is 0.320 e. The number of carboxylic acids is 1. The van der Waals surface area contributed by atoms with Gasteiger partial charge < -0.3 is 5.11 Å². The zero-order valence-electron chi connectivity index (χ0n) is 7.73. The molecule has 0 aromatic rings. The van der Waals surface area contributed by atoms with Gasteiger partial charge >= 0.3 is 5.97 Å². The van der Waals surface area contributed by atoms with Crippen molar-refractivity contribution in [1.82, 2.24) is 4.72 Å². The molecule has 0 saturated carbocycles. The minimum absolute atomic E-state index is 0.120. The van der Waals surface area contributed by atoms with Crippen molar-refractivity contribution in [2.45, 2.75) is 6.42 Å². The molecule has 0 aliphatic rings. The zero-order valence-corrected chi connectivity index (χ0v) is 9.36. The largest absolute Gasteiger partial charge is 0.480 e. The summed E-state index contributed by atoms with van der Waals surface area (Å²) in [5, 5.41) is 8.23. The van der Waals surface area contributed by atoms with Crippen LogP contribution in [-0.2, 0) is 25.6 Å². The molecule has 6 nitrogen and oxygen atoms in total. The number of hydrogen-bond acceptors (Lipinski definition) is 4. The summed E-state index contributed by atoms with van der Waals surface area (Å²) in [7, 11) is -4.68. The first kappa shape index (κ1) is 13.5. The van der Waals surface area contributed by atoms with Gasteiger partial charge in [0.25, 0.3) is 0 Å². The van der Waals surface area contributed by atoms with E-state index in [1.165, 1.54) is 6.26 Å². The van der Waals surface area contributed by atoms with Gasteiger partial charge in [0.2, 0.25) is 10.0 Å². The summed E-state index contributed by atoms with van der Waals surface area (Å²) >= 11 is 0. The molecular formula is C6H13NO5S2. The van der Waals surface area contributed by atoms with E-state index in [2.05, 4.69) is 4.72 Å². The predicted octanol–water partition coefficient (Wildman–Crippen LogP) is -1.24. The quantitative estimate of drug-likeness (QED) is 0.545. The number of rotatable bonds is 7. The standard InChI is InChI=1S/C6H13NO5S2/c1-13(10)4-2-3-7-14(11,12)5-6(8)9/h7H,2-5H2,1H3,(H,8,9). The molecule has 0 fully saturated rings. The van der Waals surface area contributed by atoms with Gasteiger partial charge in [-0.05, 0) is 6.42 Å². The van der Waals surface area contributed by atoms with Gasteiger partial charge in [-0.1, -0.05) is 0 Å². The second-order valence-corrected chi connectivity index (χ2v) is 6.04. The van der Waals surface area contributed by atoms with Gasteiger partial charge in [0, 0.05) is 29.4 Å². The van der Waals surface area contributed by atoms with Crippen molar-refractivity contribution in [2.75, 3.05) is 24.3 Å². The topological polar surface area (TPSA) is 101 Å². The molecule has 2 N–H and O–H groups in total. The number of nitrogens with one attached hydrogen (secondary N) is 1. The van der Waals surface area contributed by atoms with Gasteiger partial charge in [0.1, 0.15) is 0 Å². The average molecular weight is 243 g/mol. The van der Waals surface area contributed by atoms with Crippen molar-refractivity contribution in [1.29, 1.82) is 0 Å². The van der Waals surface area contributed by atoms with Crippen LogP contribution in [0.2, 0.25) is 0 Å². The van der Waals surface area contributed by atoms with Crippen LogP contribution in [0, 0.1) is 0 Å². The van der Waals surface area contributed by atoms with Gasteiger partial charge in [-0.2, -0.15) is 0 Å². The van der Waals surface area contributed by atoms with E-state index in [-0.39, 0.29) is 6.54 Å². The molecule has 0 heterocycles. The van der Waals surface area contributed by atoms with Crippen molar-refractivity contribution in [2.24, 2.45) is 0 Å². The molecule has 0 aromatic carbocycles. The SMILES string of the molecule is CS(=O)CCCNS(=O)(=O)CC(=O)O. The lowest BCUT2D eigenvalue weighted by atomic mass is 10.5. The van der Waals surface area contributed by atoms with E-state index in [0.717, 1.165) is 0 Å². The monoisotopic (exact) mass is 243 g/mol. The van der Waals surface area contributed by atoms with Gasteiger partial charge in [-0.15, -0.1) is 0 Å². The number of sulfonamides is 1. The fourth-order valence-electron chi connectivity index (χ4n) is 0.717. The molecular weight excluding hydrogens is 230 g/mol.